The molecule has 1 unspecified atom stereocenters. The lowest BCUT2D eigenvalue weighted by atomic mass is 9.76. The molecule has 0 spiro atoms. The van der Waals surface area contributed by atoms with E-state index in [2.05, 4.69) is 50.1 Å². The predicted octanol–water partition coefficient (Wildman–Crippen LogP) is 3.94. The van der Waals surface area contributed by atoms with Crippen molar-refractivity contribution in [2.24, 2.45) is 5.92 Å². The Bertz CT molecular complexity index is 544. The van der Waals surface area contributed by atoms with Gasteiger partial charge in [0.1, 0.15) is 0 Å². The maximum Gasteiger partial charge on any atom is 0.182 e. The first kappa shape index (κ1) is 10.5. The van der Waals surface area contributed by atoms with Crippen LogP contribution in [0.15, 0.2) is 56.1 Å². The number of carbonyl (C=O) groups excluding carboxylic acids is 1. The Balaban J connectivity index is 2.30. The Morgan fingerprint density at radius 2 is 2.06 bits per heavy atom. The average Bonchev–Trinajstić information content (AvgIpc) is 2.33. The summed E-state index contributed by atoms with van der Waals surface area (Å²) in [6.07, 6.45) is 11.2. The van der Waals surface area contributed by atoms with Gasteiger partial charge < -0.3 is 0 Å². The lowest BCUT2D eigenvalue weighted by molar-refractivity contribution is -0.116. The average molecular weight is 340 g/mol. The Morgan fingerprint density at radius 3 is 2.88 bits per heavy atom. The van der Waals surface area contributed by atoms with Crippen LogP contribution >= 0.6 is 31.9 Å². The third-order valence-corrected chi connectivity index (χ3v) is 5.24. The predicted molar refractivity (Wildman–Crippen MR) is 71.4 cm³/mol. The van der Waals surface area contributed by atoms with Crippen LogP contribution in [0, 0.1) is 5.92 Å². The maximum atomic E-state index is 12.1. The highest BCUT2D eigenvalue weighted by Gasteiger charge is 2.35. The third-order valence-electron chi connectivity index (χ3n) is 3.10. The Hall–Kier alpha value is -0.670. The summed E-state index contributed by atoms with van der Waals surface area (Å²) in [4.78, 5) is 12.1. The van der Waals surface area contributed by atoms with Crippen LogP contribution in [0.3, 0.4) is 0 Å². The van der Waals surface area contributed by atoms with Gasteiger partial charge in [-0.25, -0.2) is 0 Å². The van der Waals surface area contributed by atoms with E-state index in [0.29, 0.717) is 4.48 Å². The molecule has 0 bridgehead atoms. The van der Waals surface area contributed by atoms with Crippen LogP contribution in [0.4, 0.5) is 0 Å². The summed E-state index contributed by atoms with van der Waals surface area (Å²) in [6, 6.07) is 0. The van der Waals surface area contributed by atoms with Crippen LogP contribution in [-0.2, 0) is 4.79 Å². The summed E-state index contributed by atoms with van der Waals surface area (Å²) >= 11 is 6.86. The quantitative estimate of drug-likeness (QED) is 0.653. The highest BCUT2D eigenvalue weighted by molar-refractivity contribution is 9.14. The summed E-state index contributed by atoms with van der Waals surface area (Å²) in [7, 11) is 0. The summed E-state index contributed by atoms with van der Waals surface area (Å²) < 4.78 is 1.52. The van der Waals surface area contributed by atoms with Gasteiger partial charge in [0.2, 0.25) is 0 Å². The summed E-state index contributed by atoms with van der Waals surface area (Å²) in [5.41, 5.74) is 3.57. The smallest absolute Gasteiger partial charge is 0.182 e. The number of hydrogen-bond acceptors (Lipinski definition) is 1. The standard InChI is InChI=1S/C13H8Br2O/c14-11-8-5-1-3-7-4-2-6-9(10(7)8)13(16)12(11)15/h1-2,4-6,9H,3H2. The molecule has 0 N–H and O–H groups in total. The molecular formula is C13H8Br2O. The molecule has 0 saturated carbocycles. The molecule has 1 atom stereocenters. The van der Waals surface area contributed by atoms with E-state index in [1.165, 1.54) is 11.1 Å². The van der Waals surface area contributed by atoms with Crippen LogP contribution in [0.1, 0.15) is 6.42 Å². The molecule has 0 saturated heterocycles. The second-order valence-electron chi connectivity index (χ2n) is 3.98. The topological polar surface area (TPSA) is 17.1 Å². The van der Waals surface area contributed by atoms with Crippen LogP contribution in [0.5, 0.6) is 0 Å². The number of hydrogen-bond donors (Lipinski definition) is 0. The fraction of sp³-hybridized carbons (Fsp3) is 0.154. The minimum Gasteiger partial charge on any atom is -0.293 e. The van der Waals surface area contributed by atoms with Gasteiger partial charge in [-0.05, 0) is 55.0 Å². The molecule has 0 fully saturated rings. The van der Waals surface area contributed by atoms with E-state index in [0.717, 1.165) is 16.5 Å². The second kappa shape index (κ2) is 3.67. The molecule has 0 radical (unpaired) electrons. The van der Waals surface area contributed by atoms with Crippen LogP contribution in [0.2, 0.25) is 0 Å². The van der Waals surface area contributed by atoms with Crippen molar-refractivity contribution in [3.8, 4) is 0 Å². The Labute approximate surface area is 111 Å². The van der Waals surface area contributed by atoms with E-state index >= 15 is 0 Å². The first-order valence-electron chi connectivity index (χ1n) is 5.08. The van der Waals surface area contributed by atoms with Crippen molar-refractivity contribution >= 4 is 37.6 Å². The van der Waals surface area contributed by atoms with Crippen LogP contribution in [0.25, 0.3) is 0 Å². The number of carbonyl (C=O) groups is 1. The van der Waals surface area contributed by atoms with Gasteiger partial charge in [0, 0.05) is 4.48 Å². The molecule has 3 rings (SSSR count). The molecule has 0 aromatic heterocycles. The monoisotopic (exact) mass is 338 g/mol. The molecule has 0 amide bonds. The van der Waals surface area contributed by atoms with Gasteiger partial charge in [0.25, 0.3) is 0 Å². The van der Waals surface area contributed by atoms with Crippen molar-refractivity contribution in [1.82, 2.24) is 0 Å². The highest BCUT2D eigenvalue weighted by atomic mass is 79.9. The maximum absolute atomic E-state index is 12.1. The van der Waals surface area contributed by atoms with Crippen LogP contribution in [-0.4, -0.2) is 5.78 Å². The number of ketones is 1. The van der Waals surface area contributed by atoms with Crippen molar-refractivity contribution in [3.05, 3.63) is 56.1 Å². The second-order valence-corrected chi connectivity index (χ2v) is 5.57. The van der Waals surface area contributed by atoms with E-state index in [1.54, 1.807) is 0 Å². The molecule has 3 aliphatic rings. The minimum absolute atomic E-state index is 0.101. The molecule has 0 aromatic rings. The van der Waals surface area contributed by atoms with Gasteiger partial charge >= 0.3 is 0 Å². The van der Waals surface area contributed by atoms with Gasteiger partial charge in [0.15, 0.2) is 5.78 Å². The number of allylic oxidation sites excluding steroid dienone is 10. The molecule has 1 nitrogen and oxygen atoms in total. The molecule has 3 aliphatic carbocycles. The zero-order valence-corrected chi connectivity index (χ0v) is 11.5. The molecule has 3 heteroatoms. The lowest BCUT2D eigenvalue weighted by Gasteiger charge is -2.30. The fourth-order valence-electron chi connectivity index (χ4n) is 2.35. The molecule has 0 heterocycles. The van der Waals surface area contributed by atoms with Crippen molar-refractivity contribution in [1.29, 1.82) is 0 Å². The van der Waals surface area contributed by atoms with E-state index in [9.17, 15) is 4.79 Å². The lowest BCUT2D eigenvalue weighted by Crippen LogP contribution is -2.24. The summed E-state index contributed by atoms with van der Waals surface area (Å²) in [5, 5.41) is 0. The van der Waals surface area contributed by atoms with Crippen LogP contribution < -0.4 is 0 Å². The van der Waals surface area contributed by atoms with E-state index in [4.69, 9.17) is 0 Å². The third kappa shape index (κ3) is 1.31. The first-order valence-corrected chi connectivity index (χ1v) is 6.67. The van der Waals surface area contributed by atoms with E-state index in [-0.39, 0.29) is 11.7 Å². The minimum atomic E-state index is -0.101. The largest absolute Gasteiger partial charge is 0.293 e. The van der Waals surface area contributed by atoms with Gasteiger partial charge in [-0.3, -0.25) is 4.79 Å². The van der Waals surface area contributed by atoms with Crippen molar-refractivity contribution in [3.63, 3.8) is 0 Å². The van der Waals surface area contributed by atoms with Gasteiger partial charge in [-0.2, -0.15) is 0 Å². The zero-order valence-electron chi connectivity index (χ0n) is 8.34. The first-order chi connectivity index (χ1) is 7.70. The Kier molecular flexibility index (Phi) is 2.41. The molecule has 0 aliphatic heterocycles. The fourth-order valence-corrected chi connectivity index (χ4v) is 3.35. The van der Waals surface area contributed by atoms with E-state index in [1.807, 2.05) is 12.2 Å². The Morgan fingerprint density at radius 1 is 1.25 bits per heavy atom. The normalized spacial score (nSPS) is 27.2. The number of halogens is 2. The molecule has 16 heavy (non-hydrogen) atoms. The number of rotatable bonds is 0. The highest BCUT2D eigenvalue weighted by Crippen LogP contribution is 2.45. The molecular weight excluding hydrogens is 332 g/mol. The van der Waals surface area contributed by atoms with Gasteiger partial charge in [-0.15, -0.1) is 0 Å². The molecule has 80 valence electrons. The summed E-state index contributed by atoms with van der Waals surface area (Å²) in [5.74, 6) is 0.0402. The van der Waals surface area contributed by atoms with Gasteiger partial charge in [0.05, 0.1) is 10.4 Å². The summed E-state index contributed by atoms with van der Waals surface area (Å²) in [6.45, 7) is 0. The van der Waals surface area contributed by atoms with Gasteiger partial charge in [-0.1, -0.05) is 30.4 Å². The van der Waals surface area contributed by atoms with Crippen molar-refractivity contribution in [2.75, 3.05) is 0 Å². The molecule has 0 aromatic carbocycles. The van der Waals surface area contributed by atoms with Crippen molar-refractivity contribution < 1.29 is 4.79 Å². The zero-order chi connectivity index (χ0) is 11.3. The van der Waals surface area contributed by atoms with E-state index < -0.39 is 0 Å². The van der Waals surface area contributed by atoms with Crippen molar-refractivity contribution in [2.45, 2.75) is 6.42 Å². The SMILES string of the molecule is O=C1C(Br)=C(Br)C2=C3C(=CC=CC13)CC=C2. The number of Topliss-reactive ketones (excluding diaryl/α,β-unsaturated/α-hetero) is 1.